The molecule has 2 nitrogen and oxygen atoms in total. The lowest BCUT2D eigenvalue weighted by molar-refractivity contribution is 0.406. The van der Waals surface area contributed by atoms with Crippen molar-refractivity contribution in [2.75, 3.05) is 7.11 Å². The van der Waals surface area contributed by atoms with Crippen molar-refractivity contribution in [1.29, 1.82) is 0 Å². The summed E-state index contributed by atoms with van der Waals surface area (Å²) < 4.78 is 5.32. The third kappa shape index (κ3) is 2.32. The molecule has 82 valence electrons. The van der Waals surface area contributed by atoms with Gasteiger partial charge in [0, 0.05) is 6.04 Å². The number of rotatable bonds is 4. The van der Waals surface area contributed by atoms with Gasteiger partial charge in [0.2, 0.25) is 0 Å². The third-order valence-electron chi connectivity index (χ3n) is 3.37. The van der Waals surface area contributed by atoms with Crippen molar-refractivity contribution in [3.05, 3.63) is 29.8 Å². The molecule has 0 bridgehead atoms. The fourth-order valence-electron chi connectivity index (χ4n) is 2.22. The Labute approximate surface area is 91.4 Å². The van der Waals surface area contributed by atoms with Gasteiger partial charge >= 0.3 is 0 Å². The molecule has 0 aliphatic heterocycles. The van der Waals surface area contributed by atoms with Crippen LogP contribution in [0.25, 0.3) is 0 Å². The predicted molar refractivity (Wildman–Crippen MR) is 61.9 cm³/mol. The molecule has 0 spiro atoms. The summed E-state index contributed by atoms with van der Waals surface area (Å²) in [5, 5.41) is 0. The van der Waals surface area contributed by atoms with Crippen LogP contribution in [-0.2, 0) is 6.42 Å². The standard InChI is InChI=1S/C13H19NO/c1-9-7-11(9)12(14)8-10-5-3-4-6-13(10)15-2/h3-6,9,11-12H,7-8,14H2,1-2H3. The highest BCUT2D eigenvalue weighted by atomic mass is 16.5. The first-order chi connectivity index (χ1) is 7.22. The van der Waals surface area contributed by atoms with Crippen LogP contribution in [0.2, 0.25) is 0 Å². The molecule has 0 amide bonds. The highest BCUT2D eigenvalue weighted by molar-refractivity contribution is 5.34. The van der Waals surface area contributed by atoms with E-state index in [1.54, 1.807) is 7.11 Å². The maximum atomic E-state index is 6.17. The fourth-order valence-corrected chi connectivity index (χ4v) is 2.22. The van der Waals surface area contributed by atoms with Gasteiger partial charge in [-0.25, -0.2) is 0 Å². The molecule has 15 heavy (non-hydrogen) atoms. The summed E-state index contributed by atoms with van der Waals surface area (Å²) in [5.74, 6) is 2.49. The summed E-state index contributed by atoms with van der Waals surface area (Å²) in [5.41, 5.74) is 7.40. The van der Waals surface area contributed by atoms with E-state index >= 15 is 0 Å². The number of hydrogen-bond donors (Lipinski definition) is 1. The zero-order chi connectivity index (χ0) is 10.8. The molecule has 0 heterocycles. The first-order valence-corrected chi connectivity index (χ1v) is 5.60. The predicted octanol–water partition coefficient (Wildman–Crippen LogP) is 2.22. The van der Waals surface area contributed by atoms with Crippen molar-refractivity contribution in [1.82, 2.24) is 0 Å². The van der Waals surface area contributed by atoms with E-state index in [2.05, 4.69) is 13.0 Å². The van der Waals surface area contributed by atoms with Crippen LogP contribution in [0.3, 0.4) is 0 Å². The first-order valence-electron chi connectivity index (χ1n) is 5.60. The largest absolute Gasteiger partial charge is 0.496 e. The summed E-state index contributed by atoms with van der Waals surface area (Å²) in [4.78, 5) is 0. The molecule has 2 heteroatoms. The van der Waals surface area contributed by atoms with Gasteiger partial charge in [-0.3, -0.25) is 0 Å². The highest BCUT2D eigenvalue weighted by Crippen LogP contribution is 2.41. The van der Waals surface area contributed by atoms with Gasteiger partial charge in [-0.2, -0.15) is 0 Å². The molecule has 2 N–H and O–H groups in total. The van der Waals surface area contributed by atoms with Crippen molar-refractivity contribution >= 4 is 0 Å². The minimum Gasteiger partial charge on any atom is -0.496 e. The van der Waals surface area contributed by atoms with E-state index in [-0.39, 0.29) is 6.04 Å². The Bertz CT molecular complexity index is 337. The molecule has 3 unspecified atom stereocenters. The maximum Gasteiger partial charge on any atom is 0.122 e. The topological polar surface area (TPSA) is 35.2 Å². The Morgan fingerprint density at radius 3 is 2.73 bits per heavy atom. The summed E-state index contributed by atoms with van der Waals surface area (Å²) in [6, 6.07) is 8.43. The molecule has 3 atom stereocenters. The van der Waals surface area contributed by atoms with E-state index in [4.69, 9.17) is 10.5 Å². The zero-order valence-corrected chi connectivity index (χ0v) is 9.44. The van der Waals surface area contributed by atoms with Gasteiger partial charge in [0.1, 0.15) is 5.75 Å². The van der Waals surface area contributed by atoms with Crippen LogP contribution in [0.4, 0.5) is 0 Å². The van der Waals surface area contributed by atoms with Crippen LogP contribution >= 0.6 is 0 Å². The molecule has 2 rings (SSSR count). The van der Waals surface area contributed by atoms with Crippen molar-refractivity contribution in [3.8, 4) is 5.75 Å². The molecule has 1 aliphatic carbocycles. The minimum absolute atomic E-state index is 0.288. The summed E-state index contributed by atoms with van der Waals surface area (Å²) in [6.07, 6.45) is 2.22. The van der Waals surface area contributed by atoms with Gasteiger partial charge in [-0.1, -0.05) is 25.1 Å². The lowest BCUT2D eigenvalue weighted by Crippen LogP contribution is -2.26. The van der Waals surface area contributed by atoms with Crippen LogP contribution in [-0.4, -0.2) is 13.2 Å². The second-order valence-corrected chi connectivity index (χ2v) is 4.56. The third-order valence-corrected chi connectivity index (χ3v) is 3.37. The normalized spacial score (nSPS) is 26.1. The second kappa shape index (κ2) is 4.23. The van der Waals surface area contributed by atoms with E-state index in [0.29, 0.717) is 0 Å². The van der Waals surface area contributed by atoms with Gasteiger partial charge in [0.05, 0.1) is 7.11 Å². The second-order valence-electron chi connectivity index (χ2n) is 4.56. The zero-order valence-electron chi connectivity index (χ0n) is 9.44. The van der Waals surface area contributed by atoms with E-state index in [1.165, 1.54) is 12.0 Å². The Kier molecular flexibility index (Phi) is 2.96. The average Bonchev–Trinajstić information content (AvgIpc) is 2.96. The highest BCUT2D eigenvalue weighted by Gasteiger charge is 2.37. The van der Waals surface area contributed by atoms with E-state index in [9.17, 15) is 0 Å². The number of hydrogen-bond acceptors (Lipinski definition) is 2. The molecule has 1 saturated carbocycles. The molecule has 0 saturated heterocycles. The van der Waals surface area contributed by atoms with E-state index < -0.39 is 0 Å². The molecule has 1 fully saturated rings. The van der Waals surface area contributed by atoms with Crippen LogP contribution in [0.1, 0.15) is 18.9 Å². The number of benzene rings is 1. The number of nitrogens with two attached hydrogens (primary N) is 1. The summed E-state index contributed by atoms with van der Waals surface area (Å²) in [6.45, 7) is 2.27. The van der Waals surface area contributed by atoms with Crippen molar-refractivity contribution in [2.45, 2.75) is 25.8 Å². The van der Waals surface area contributed by atoms with E-state index in [1.807, 2.05) is 18.2 Å². The fraction of sp³-hybridized carbons (Fsp3) is 0.538. The lowest BCUT2D eigenvalue weighted by atomic mass is 10.0. The first kappa shape index (κ1) is 10.5. The van der Waals surface area contributed by atoms with Gasteiger partial charge in [0.25, 0.3) is 0 Å². The lowest BCUT2D eigenvalue weighted by Gasteiger charge is -2.13. The van der Waals surface area contributed by atoms with E-state index in [0.717, 1.165) is 24.0 Å². The minimum atomic E-state index is 0.288. The Hall–Kier alpha value is -1.02. The Morgan fingerprint density at radius 1 is 1.47 bits per heavy atom. The van der Waals surface area contributed by atoms with Gasteiger partial charge in [-0.15, -0.1) is 0 Å². The van der Waals surface area contributed by atoms with Gasteiger partial charge < -0.3 is 10.5 Å². The molecular weight excluding hydrogens is 186 g/mol. The average molecular weight is 205 g/mol. The Morgan fingerprint density at radius 2 is 2.13 bits per heavy atom. The molecule has 0 aromatic heterocycles. The van der Waals surface area contributed by atoms with Crippen LogP contribution < -0.4 is 10.5 Å². The molecule has 1 aliphatic rings. The summed E-state index contributed by atoms with van der Waals surface area (Å²) >= 11 is 0. The Balaban J connectivity index is 2.03. The SMILES string of the molecule is COc1ccccc1CC(N)C1CC1C. The monoisotopic (exact) mass is 205 g/mol. The van der Waals surface area contributed by atoms with Crippen molar-refractivity contribution in [3.63, 3.8) is 0 Å². The van der Waals surface area contributed by atoms with Crippen molar-refractivity contribution < 1.29 is 4.74 Å². The molecule has 0 radical (unpaired) electrons. The number of methoxy groups -OCH3 is 1. The van der Waals surface area contributed by atoms with Crippen LogP contribution in [0.15, 0.2) is 24.3 Å². The maximum absolute atomic E-state index is 6.17. The number of ether oxygens (including phenoxy) is 1. The smallest absolute Gasteiger partial charge is 0.122 e. The van der Waals surface area contributed by atoms with Gasteiger partial charge in [0.15, 0.2) is 0 Å². The molecule has 1 aromatic rings. The van der Waals surface area contributed by atoms with Crippen molar-refractivity contribution in [2.24, 2.45) is 17.6 Å². The quantitative estimate of drug-likeness (QED) is 0.818. The molecule has 1 aromatic carbocycles. The van der Waals surface area contributed by atoms with Crippen LogP contribution in [0.5, 0.6) is 5.75 Å². The molecular formula is C13H19NO. The van der Waals surface area contributed by atoms with Gasteiger partial charge in [-0.05, 0) is 36.3 Å². The number of para-hydroxylation sites is 1. The van der Waals surface area contributed by atoms with Crippen LogP contribution in [0, 0.1) is 11.8 Å². The summed E-state index contributed by atoms with van der Waals surface area (Å²) in [7, 11) is 1.71.